The van der Waals surface area contributed by atoms with Crippen molar-refractivity contribution in [3.05, 3.63) is 35.4 Å². The molecule has 0 saturated heterocycles. The van der Waals surface area contributed by atoms with Crippen LogP contribution in [0.3, 0.4) is 0 Å². The molecule has 21 heavy (non-hydrogen) atoms. The van der Waals surface area contributed by atoms with E-state index in [1.807, 2.05) is 31.2 Å². The second kappa shape index (κ2) is 6.28. The van der Waals surface area contributed by atoms with E-state index in [9.17, 15) is 4.79 Å². The molecule has 1 heterocycles. The zero-order chi connectivity index (χ0) is 15.5. The number of aryl methyl sites for hydroxylation is 1. The van der Waals surface area contributed by atoms with Crippen LogP contribution in [0.4, 0.5) is 10.5 Å². The highest BCUT2D eigenvalue weighted by Gasteiger charge is 2.40. The van der Waals surface area contributed by atoms with Gasteiger partial charge in [0.25, 0.3) is 0 Å². The van der Waals surface area contributed by atoms with E-state index in [0.717, 1.165) is 17.5 Å². The summed E-state index contributed by atoms with van der Waals surface area (Å²) in [5, 5.41) is 0. The van der Waals surface area contributed by atoms with Crippen molar-refractivity contribution in [2.45, 2.75) is 33.0 Å². The summed E-state index contributed by atoms with van der Waals surface area (Å²) in [6.07, 6.45) is 3.98. The molecule has 1 aromatic rings. The third kappa shape index (κ3) is 2.80. The maximum absolute atomic E-state index is 12.4. The molecule has 1 aliphatic rings. The van der Waals surface area contributed by atoms with E-state index in [1.165, 1.54) is 4.90 Å². The van der Waals surface area contributed by atoms with Crippen molar-refractivity contribution in [1.82, 2.24) is 0 Å². The standard InChI is InChI=1S/C16H22N2O3/c1-4-12-8-7-9-14-13(12)10-11-16(17,21-6-3)18(14)15(19)20-5-2/h7-11H,4-6,17H2,1-3H3. The summed E-state index contributed by atoms with van der Waals surface area (Å²) in [6, 6.07) is 5.81. The van der Waals surface area contributed by atoms with Crippen LogP contribution in [-0.2, 0) is 15.9 Å². The van der Waals surface area contributed by atoms with Gasteiger partial charge in [0.15, 0.2) is 0 Å². The number of anilines is 1. The number of carbonyl (C=O) groups excluding carboxylic acids is 1. The number of fused-ring (bicyclic) bond motifs is 1. The maximum atomic E-state index is 12.4. The number of nitrogens with two attached hydrogens (primary N) is 1. The van der Waals surface area contributed by atoms with Gasteiger partial charge >= 0.3 is 6.09 Å². The number of nitrogens with zero attached hydrogens (tertiary/aromatic N) is 1. The molecule has 0 aromatic heterocycles. The predicted molar refractivity (Wildman–Crippen MR) is 82.9 cm³/mol. The molecule has 5 heteroatoms. The summed E-state index contributed by atoms with van der Waals surface area (Å²) in [5.74, 6) is -1.32. The number of rotatable bonds is 4. The van der Waals surface area contributed by atoms with E-state index in [1.54, 1.807) is 13.0 Å². The van der Waals surface area contributed by atoms with Gasteiger partial charge in [-0.3, -0.25) is 5.73 Å². The van der Waals surface area contributed by atoms with Gasteiger partial charge in [0.1, 0.15) is 0 Å². The second-order valence-electron chi connectivity index (χ2n) is 4.76. The molecule has 2 rings (SSSR count). The van der Waals surface area contributed by atoms with Crippen molar-refractivity contribution in [3.8, 4) is 0 Å². The monoisotopic (exact) mass is 290 g/mol. The molecule has 2 N–H and O–H groups in total. The highest BCUT2D eigenvalue weighted by molar-refractivity contribution is 5.94. The van der Waals surface area contributed by atoms with Gasteiger partial charge in [-0.2, -0.15) is 0 Å². The van der Waals surface area contributed by atoms with Gasteiger partial charge in [0.2, 0.25) is 5.85 Å². The highest BCUT2D eigenvalue weighted by atomic mass is 16.6. The molecule has 1 amide bonds. The molecule has 0 spiro atoms. The first kappa shape index (κ1) is 15.5. The first-order chi connectivity index (χ1) is 10.1. The Hall–Kier alpha value is -1.85. The SMILES string of the molecule is CCOC(=O)N1c2cccc(CC)c2C=CC1(N)OCC. The molecular weight excluding hydrogens is 268 g/mol. The van der Waals surface area contributed by atoms with Crippen LogP contribution in [0.15, 0.2) is 24.3 Å². The number of amides is 1. The van der Waals surface area contributed by atoms with Crippen LogP contribution in [0, 0.1) is 0 Å². The minimum Gasteiger partial charge on any atom is -0.449 e. The number of carbonyl (C=O) groups is 1. The number of hydrogen-bond donors (Lipinski definition) is 1. The number of hydrogen-bond acceptors (Lipinski definition) is 4. The summed E-state index contributed by atoms with van der Waals surface area (Å²) in [6.45, 7) is 6.35. The van der Waals surface area contributed by atoms with Gasteiger partial charge in [-0.05, 0) is 38.0 Å². The quantitative estimate of drug-likeness (QED) is 0.866. The molecular formula is C16H22N2O3. The highest BCUT2D eigenvalue weighted by Crippen LogP contribution is 2.35. The normalized spacial score (nSPS) is 20.3. The first-order valence-electron chi connectivity index (χ1n) is 7.28. The average molecular weight is 290 g/mol. The van der Waals surface area contributed by atoms with Crippen molar-refractivity contribution in [2.24, 2.45) is 5.73 Å². The van der Waals surface area contributed by atoms with E-state index < -0.39 is 11.9 Å². The Balaban J connectivity index is 2.54. The molecule has 0 bridgehead atoms. The smallest absolute Gasteiger partial charge is 0.418 e. The summed E-state index contributed by atoms with van der Waals surface area (Å²) in [7, 11) is 0. The molecule has 0 radical (unpaired) electrons. The van der Waals surface area contributed by atoms with Crippen LogP contribution in [-0.4, -0.2) is 25.2 Å². The minimum atomic E-state index is -1.32. The van der Waals surface area contributed by atoms with E-state index in [-0.39, 0.29) is 6.61 Å². The third-order valence-corrected chi connectivity index (χ3v) is 3.46. The maximum Gasteiger partial charge on any atom is 0.418 e. The van der Waals surface area contributed by atoms with Gasteiger partial charge < -0.3 is 9.47 Å². The van der Waals surface area contributed by atoms with E-state index in [0.29, 0.717) is 12.3 Å². The van der Waals surface area contributed by atoms with E-state index in [4.69, 9.17) is 15.2 Å². The van der Waals surface area contributed by atoms with Crippen molar-refractivity contribution in [3.63, 3.8) is 0 Å². The van der Waals surface area contributed by atoms with Gasteiger partial charge in [-0.1, -0.05) is 25.1 Å². The van der Waals surface area contributed by atoms with Gasteiger partial charge in [-0.15, -0.1) is 0 Å². The number of benzene rings is 1. The van der Waals surface area contributed by atoms with Gasteiger partial charge in [-0.25, -0.2) is 9.69 Å². The summed E-state index contributed by atoms with van der Waals surface area (Å²) in [4.78, 5) is 13.7. The molecule has 1 atom stereocenters. The molecule has 1 aliphatic heterocycles. The molecule has 0 aliphatic carbocycles. The lowest BCUT2D eigenvalue weighted by Gasteiger charge is -2.40. The van der Waals surface area contributed by atoms with Crippen LogP contribution in [0.5, 0.6) is 0 Å². The van der Waals surface area contributed by atoms with Crippen molar-refractivity contribution < 1.29 is 14.3 Å². The molecule has 1 unspecified atom stereocenters. The fourth-order valence-corrected chi connectivity index (χ4v) is 2.53. The van der Waals surface area contributed by atoms with Crippen LogP contribution >= 0.6 is 0 Å². The Labute approximate surface area is 125 Å². The van der Waals surface area contributed by atoms with Crippen LogP contribution in [0.25, 0.3) is 6.08 Å². The molecule has 1 aromatic carbocycles. The van der Waals surface area contributed by atoms with Crippen molar-refractivity contribution in [2.75, 3.05) is 18.1 Å². The predicted octanol–water partition coefficient (Wildman–Crippen LogP) is 2.89. The first-order valence-corrected chi connectivity index (χ1v) is 7.28. The third-order valence-electron chi connectivity index (χ3n) is 3.46. The lowest BCUT2D eigenvalue weighted by Crippen LogP contribution is -2.60. The summed E-state index contributed by atoms with van der Waals surface area (Å²) >= 11 is 0. The van der Waals surface area contributed by atoms with Crippen LogP contribution in [0.2, 0.25) is 0 Å². The number of ether oxygens (including phenoxy) is 2. The Bertz CT molecular complexity index is 556. The van der Waals surface area contributed by atoms with Gasteiger partial charge in [0.05, 0.1) is 12.3 Å². The van der Waals surface area contributed by atoms with Crippen molar-refractivity contribution in [1.29, 1.82) is 0 Å². The van der Waals surface area contributed by atoms with Gasteiger partial charge in [0, 0.05) is 12.2 Å². The lowest BCUT2D eigenvalue weighted by atomic mass is 9.98. The zero-order valence-corrected chi connectivity index (χ0v) is 12.8. The Kier molecular flexibility index (Phi) is 4.65. The Morgan fingerprint density at radius 3 is 2.67 bits per heavy atom. The second-order valence-corrected chi connectivity index (χ2v) is 4.76. The lowest BCUT2D eigenvalue weighted by molar-refractivity contribution is 0.000774. The molecule has 114 valence electrons. The van der Waals surface area contributed by atoms with Crippen LogP contribution < -0.4 is 10.6 Å². The molecule has 0 saturated carbocycles. The fraction of sp³-hybridized carbons (Fsp3) is 0.438. The largest absolute Gasteiger partial charge is 0.449 e. The Morgan fingerprint density at radius 1 is 1.29 bits per heavy atom. The topological polar surface area (TPSA) is 64.8 Å². The van der Waals surface area contributed by atoms with E-state index >= 15 is 0 Å². The van der Waals surface area contributed by atoms with Crippen molar-refractivity contribution >= 4 is 17.9 Å². The van der Waals surface area contributed by atoms with Crippen LogP contribution in [0.1, 0.15) is 31.9 Å². The zero-order valence-electron chi connectivity index (χ0n) is 12.8. The molecule has 0 fully saturated rings. The Morgan fingerprint density at radius 2 is 2.05 bits per heavy atom. The minimum absolute atomic E-state index is 0.282. The molecule has 5 nitrogen and oxygen atoms in total. The summed E-state index contributed by atoms with van der Waals surface area (Å²) in [5.41, 5.74) is 9.11. The fourth-order valence-electron chi connectivity index (χ4n) is 2.53. The van der Waals surface area contributed by atoms with E-state index in [2.05, 4.69) is 6.92 Å². The summed E-state index contributed by atoms with van der Waals surface area (Å²) < 4.78 is 10.7. The average Bonchev–Trinajstić information content (AvgIpc) is 2.46.